The largest absolute Gasteiger partial charge is 0.310 e. The van der Waals surface area contributed by atoms with Gasteiger partial charge in [-0.2, -0.15) is 5.10 Å². The molecule has 1 aromatic carbocycles. The van der Waals surface area contributed by atoms with Crippen LogP contribution in [0.2, 0.25) is 5.02 Å². The summed E-state index contributed by atoms with van der Waals surface area (Å²) in [7, 11) is 0. The van der Waals surface area contributed by atoms with Crippen LogP contribution in [0.25, 0.3) is 5.69 Å². The van der Waals surface area contributed by atoms with Crippen LogP contribution in [0.5, 0.6) is 0 Å². The molecule has 0 radical (unpaired) electrons. The second kappa shape index (κ2) is 5.21. The van der Waals surface area contributed by atoms with Gasteiger partial charge in [-0.25, -0.2) is 4.68 Å². The summed E-state index contributed by atoms with van der Waals surface area (Å²) in [5, 5.41) is 7.41. The van der Waals surface area contributed by atoms with Crippen molar-refractivity contribution >= 4 is 34.9 Å². The Balaban J connectivity index is 2.30. The van der Waals surface area contributed by atoms with Crippen LogP contribution < -0.4 is 5.32 Å². The summed E-state index contributed by atoms with van der Waals surface area (Å²) < 4.78 is 1.60. The van der Waals surface area contributed by atoms with Gasteiger partial charge in [0.1, 0.15) is 11.7 Å². The van der Waals surface area contributed by atoms with Crippen LogP contribution in [0.4, 0.5) is 5.82 Å². The Hall–Kier alpha value is -1.52. The molecule has 0 bridgehead atoms. The molecule has 0 saturated carbocycles. The molecule has 1 N–H and O–H groups in total. The van der Waals surface area contributed by atoms with E-state index in [-0.39, 0.29) is 11.8 Å². The molecule has 0 aliphatic rings. The minimum Gasteiger partial charge on any atom is -0.310 e. The number of carbonyl (C=O) groups excluding carboxylic acids is 1. The topological polar surface area (TPSA) is 46.9 Å². The molecule has 0 spiro atoms. The van der Waals surface area contributed by atoms with E-state index >= 15 is 0 Å². The smallest absolute Gasteiger partial charge is 0.240 e. The van der Waals surface area contributed by atoms with Gasteiger partial charge in [0.25, 0.3) is 0 Å². The molecule has 1 amide bonds. The second-order valence-corrected chi connectivity index (χ2v) is 3.99. The lowest BCUT2D eigenvalue weighted by molar-refractivity contribution is -0.113. The lowest BCUT2D eigenvalue weighted by atomic mass is 10.3. The Kier molecular flexibility index (Phi) is 3.66. The number of hydrogen-bond donors (Lipinski definition) is 1. The fourth-order valence-corrected chi connectivity index (χ4v) is 1.56. The number of nitrogens with one attached hydrogen (secondary N) is 1. The highest BCUT2D eigenvalue weighted by Gasteiger charge is 2.07. The van der Waals surface area contributed by atoms with Crippen LogP contribution >= 0.6 is 23.2 Å². The van der Waals surface area contributed by atoms with E-state index in [1.165, 1.54) is 0 Å². The maximum absolute atomic E-state index is 11.2. The lowest BCUT2D eigenvalue weighted by Crippen LogP contribution is -2.15. The first-order valence-electron chi connectivity index (χ1n) is 4.86. The van der Waals surface area contributed by atoms with Crippen molar-refractivity contribution < 1.29 is 4.79 Å². The van der Waals surface area contributed by atoms with Gasteiger partial charge < -0.3 is 5.32 Å². The monoisotopic (exact) mass is 269 g/mol. The van der Waals surface area contributed by atoms with E-state index < -0.39 is 0 Å². The molecule has 0 aliphatic heterocycles. The molecule has 4 nitrogen and oxygen atoms in total. The van der Waals surface area contributed by atoms with Gasteiger partial charge in [0.2, 0.25) is 5.91 Å². The van der Waals surface area contributed by atoms with Crippen LogP contribution in [0, 0.1) is 0 Å². The first kappa shape index (κ1) is 12.0. The van der Waals surface area contributed by atoms with Crippen LogP contribution in [0.15, 0.2) is 36.5 Å². The van der Waals surface area contributed by atoms with Gasteiger partial charge in [0.05, 0.1) is 11.9 Å². The molecule has 0 fully saturated rings. The summed E-state index contributed by atoms with van der Waals surface area (Å²) in [6.07, 6.45) is 1.60. The quantitative estimate of drug-likeness (QED) is 0.871. The normalized spacial score (nSPS) is 10.2. The summed E-state index contributed by atoms with van der Waals surface area (Å²) in [6.45, 7) is 0. The number of amides is 1. The van der Waals surface area contributed by atoms with E-state index in [9.17, 15) is 4.79 Å². The number of anilines is 1. The van der Waals surface area contributed by atoms with Gasteiger partial charge in [-0.3, -0.25) is 4.79 Å². The highest BCUT2D eigenvalue weighted by atomic mass is 35.5. The lowest BCUT2D eigenvalue weighted by Gasteiger charge is -2.07. The first-order chi connectivity index (χ1) is 8.20. The fourth-order valence-electron chi connectivity index (χ4n) is 1.36. The number of alkyl halides is 1. The molecule has 0 aliphatic carbocycles. The van der Waals surface area contributed by atoms with Crippen molar-refractivity contribution in [2.75, 3.05) is 11.2 Å². The molecule has 0 saturated heterocycles. The molecular formula is C11H9Cl2N3O. The van der Waals surface area contributed by atoms with E-state index in [0.29, 0.717) is 10.8 Å². The van der Waals surface area contributed by atoms with Crippen LogP contribution in [-0.2, 0) is 4.79 Å². The van der Waals surface area contributed by atoms with Crippen molar-refractivity contribution in [2.45, 2.75) is 0 Å². The maximum Gasteiger partial charge on any atom is 0.240 e. The third kappa shape index (κ3) is 2.78. The van der Waals surface area contributed by atoms with Gasteiger partial charge in [0.15, 0.2) is 0 Å². The van der Waals surface area contributed by atoms with Crippen LogP contribution in [-0.4, -0.2) is 21.6 Å². The van der Waals surface area contributed by atoms with Gasteiger partial charge in [-0.15, -0.1) is 11.6 Å². The minimum atomic E-state index is -0.276. The molecule has 88 valence electrons. The predicted molar refractivity (Wildman–Crippen MR) is 67.9 cm³/mol. The molecular weight excluding hydrogens is 261 g/mol. The number of rotatable bonds is 3. The molecule has 2 rings (SSSR count). The van der Waals surface area contributed by atoms with Crippen molar-refractivity contribution in [3.05, 3.63) is 41.6 Å². The number of carbonyl (C=O) groups is 1. The minimum absolute atomic E-state index is 0.0915. The Morgan fingerprint density at radius 3 is 2.65 bits per heavy atom. The fraction of sp³-hybridized carbons (Fsp3) is 0.0909. The molecule has 17 heavy (non-hydrogen) atoms. The zero-order valence-electron chi connectivity index (χ0n) is 8.73. The number of halogens is 2. The van der Waals surface area contributed by atoms with E-state index in [2.05, 4.69) is 10.4 Å². The summed E-state index contributed by atoms with van der Waals surface area (Å²) in [5.41, 5.74) is 0.810. The SMILES string of the molecule is O=C(CCl)Nc1ccnn1-c1ccc(Cl)cc1. The van der Waals surface area contributed by atoms with Gasteiger partial charge in [-0.1, -0.05) is 11.6 Å². The van der Waals surface area contributed by atoms with E-state index in [1.807, 2.05) is 12.1 Å². The van der Waals surface area contributed by atoms with Crippen molar-refractivity contribution in [1.82, 2.24) is 9.78 Å². The number of aromatic nitrogens is 2. The highest BCUT2D eigenvalue weighted by Crippen LogP contribution is 2.17. The van der Waals surface area contributed by atoms with Crippen molar-refractivity contribution in [2.24, 2.45) is 0 Å². The molecule has 1 aromatic heterocycles. The Morgan fingerprint density at radius 1 is 1.29 bits per heavy atom. The third-order valence-electron chi connectivity index (χ3n) is 2.10. The van der Waals surface area contributed by atoms with E-state index in [0.717, 1.165) is 5.69 Å². The zero-order valence-corrected chi connectivity index (χ0v) is 10.2. The van der Waals surface area contributed by atoms with Gasteiger partial charge >= 0.3 is 0 Å². The van der Waals surface area contributed by atoms with E-state index in [4.69, 9.17) is 23.2 Å². The molecule has 1 heterocycles. The van der Waals surface area contributed by atoms with Crippen LogP contribution in [0.3, 0.4) is 0 Å². The average Bonchev–Trinajstić information content (AvgIpc) is 2.78. The Morgan fingerprint density at radius 2 is 2.00 bits per heavy atom. The molecule has 6 heteroatoms. The van der Waals surface area contributed by atoms with Crippen molar-refractivity contribution in [1.29, 1.82) is 0 Å². The average molecular weight is 270 g/mol. The summed E-state index contributed by atoms with van der Waals surface area (Å²) in [4.78, 5) is 11.2. The van der Waals surface area contributed by atoms with Gasteiger partial charge in [-0.05, 0) is 24.3 Å². The molecule has 0 atom stereocenters. The Bertz CT molecular complexity index is 522. The van der Waals surface area contributed by atoms with E-state index in [1.54, 1.807) is 29.1 Å². The summed E-state index contributed by atoms with van der Waals surface area (Å²) in [5.74, 6) is 0.201. The number of benzene rings is 1. The maximum atomic E-state index is 11.2. The zero-order chi connectivity index (χ0) is 12.3. The number of nitrogens with zero attached hydrogens (tertiary/aromatic N) is 2. The standard InChI is InChI=1S/C11H9Cl2N3O/c12-7-11(17)15-10-5-6-14-16(10)9-3-1-8(13)2-4-9/h1-6H,7H2,(H,15,17). The van der Waals surface area contributed by atoms with Crippen LogP contribution in [0.1, 0.15) is 0 Å². The number of hydrogen-bond acceptors (Lipinski definition) is 2. The molecule has 0 unspecified atom stereocenters. The van der Waals surface area contributed by atoms with Crippen molar-refractivity contribution in [3.8, 4) is 5.69 Å². The highest BCUT2D eigenvalue weighted by molar-refractivity contribution is 6.30. The second-order valence-electron chi connectivity index (χ2n) is 3.29. The molecule has 2 aromatic rings. The van der Waals surface area contributed by atoms with Gasteiger partial charge in [0, 0.05) is 11.1 Å². The Labute approximate surface area is 108 Å². The third-order valence-corrected chi connectivity index (χ3v) is 2.60. The summed E-state index contributed by atoms with van der Waals surface area (Å²) >= 11 is 11.2. The predicted octanol–water partition coefficient (Wildman–Crippen LogP) is 2.70. The van der Waals surface area contributed by atoms with Crippen molar-refractivity contribution in [3.63, 3.8) is 0 Å². The first-order valence-corrected chi connectivity index (χ1v) is 5.78. The summed E-state index contributed by atoms with van der Waals surface area (Å²) in [6, 6.07) is 8.83.